The number of esters is 1. The highest BCUT2D eigenvalue weighted by atomic mass is 16.5. The lowest BCUT2D eigenvalue weighted by molar-refractivity contribution is -0.137. The average Bonchev–Trinajstić information content (AvgIpc) is 2.21. The maximum Gasteiger partial charge on any atom is 0.330 e. The summed E-state index contributed by atoms with van der Waals surface area (Å²) in [5.74, 6) is -0.376. The molecule has 1 aromatic rings. The number of nitrogens with two attached hydrogens (primary N) is 1. The Hall–Kier alpha value is -1.84. The largest absolute Gasteiger partial charge is 0.463 e. The van der Waals surface area contributed by atoms with Crippen molar-refractivity contribution in [3.8, 4) is 0 Å². The van der Waals surface area contributed by atoms with Crippen LogP contribution in [-0.4, -0.2) is 17.6 Å². The first-order chi connectivity index (χ1) is 7.15. The zero-order valence-electron chi connectivity index (χ0n) is 8.86. The number of aryl methyl sites for hydroxylation is 1. The van der Waals surface area contributed by atoms with Crippen LogP contribution < -0.4 is 5.73 Å². The molecule has 1 rings (SSSR count). The molecule has 2 N–H and O–H groups in total. The lowest BCUT2D eigenvalue weighted by atomic mass is 10.1. The van der Waals surface area contributed by atoms with Crippen molar-refractivity contribution in [3.63, 3.8) is 0 Å². The standard InChI is InChI=1S/C11H14N2O2/c1-3-15-10(14)5-4-9-7-13-6-8(2)11(9)12/h4-7H,3H2,1-2H3,(H2,12,13). The Bertz CT molecular complexity index is 386. The van der Waals surface area contributed by atoms with Gasteiger partial charge in [0.2, 0.25) is 0 Å². The van der Waals surface area contributed by atoms with Crippen LogP contribution in [0.15, 0.2) is 18.5 Å². The second kappa shape index (κ2) is 5.14. The molecular weight excluding hydrogens is 192 g/mol. The molecule has 0 amide bonds. The van der Waals surface area contributed by atoms with E-state index in [9.17, 15) is 4.79 Å². The number of carbonyl (C=O) groups excluding carboxylic acids is 1. The monoisotopic (exact) mass is 206 g/mol. The Morgan fingerprint density at radius 2 is 2.33 bits per heavy atom. The Balaban J connectivity index is 2.81. The Kier molecular flexibility index (Phi) is 3.85. The van der Waals surface area contributed by atoms with Gasteiger partial charge in [-0.25, -0.2) is 4.79 Å². The molecule has 0 radical (unpaired) electrons. The second-order valence-electron chi connectivity index (χ2n) is 3.04. The third-order valence-corrected chi connectivity index (χ3v) is 1.90. The van der Waals surface area contributed by atoms with E-state index in [1.807, 2.05) is 6.92 Å². The molecule has 0 unspecified atom stereocenters. The Morgan fingerprint density at radius 1 is 1.60 bits per heavy atom. The van der Waals surface area contributed by atoms with Gasteiger partial charge in [-0.2, -0.15) is 0 Å². The summed E-state index contributed by atoms with van der Waals surface area (Å²) in [6.07, 6.45) is 6.23. The highest BCUT2D eigenvalue weighted by molar-refractivity contribution is 5.88. The van der Waals surface area contributed by atoms with Crippen LogP contribution in [0.2, 0.25) is 0 Å². The topological polar surface area (TPSA) is 65.2 Å². The molecule has 1 heterocycles. The summed E-state index contributed by atoms with van der Waals surface area (Å²) in [6.45, 7) is 3.99. The van der Waals surface area contributed by atoms with Crippen LogP contribution in [0.4, 0.5) is 5.69 Å². The quantitative estimate of drug-likeness (QED) is 0.602. The molecule has 0 bridgehead atoms. The Labute approximate surface area is 88.8 Å². The Morgan fingerprint density at radius 3 is 3.00 bits per heavy atom. The van der Waals surface area contributed by atoms with Gasteiger partial charge in [0.15, 0.2) is 0 Å². The molecule has 0 saturated carbocycles. The first kappa shape index (κ1) is 11.2. The van der Waals surface area contributed by atoms with Crippen LogP contribution in [0.3, 0.4) is 0 Å². The zero-order valence-corrected chi connectivity index (χ0v) is 8.86. The van der Waals surface area contributed by atoms with Crippen LogP contribution in [0.25, 0.3) is 6.08 Å². The fraction of sp³-hybridized carbons (Fsp3) is 0.273. The van der Waals surface area contributed by atoms with E-state index in [1.165, 1.54) is 6.08 Å². The van der Waals surface area contributed by atoms with Gasteiger partial charge in [0.1, 0.15) is 0 Å². The van der Waals surface area contributed by atoms with E-state index in [0.717, 1.165) is 11.1 Å². The van der Waals surface area contributed by atoms with Gasteiger partial charge >= 0.3 is 5.97 Å². The number of hydrogen-bond donors (Lipinski definition) is 1. The minimum atomic E-state index is -0.376. The van der Waals surface area contributed by atoms with Gasteiger partial charge in [-0.15, -0.1) is 0 Å². The minimum absolute atomic E-state index is 0.366. The van der Waals surface area contributed by atoms with Crippen LogP contribution in [0.1, 0.15) is 18.1 Å². The van der Waals surface area contributed by atoms with Crippen molar-refractivity contribution in [2.24, 2.45) is 0 Å². The molecular formula is C11H14N2O2. The molecule has 80 valence electrons. The number of hydrogen-bond acceptors (Lipinski definition) is 4. The highest BCUT2D eigenvalue weighted by Crippen LogP contribution is 2.15. The van der Waals surface area contributed by atoms with E-state index in [1.54, 1.807) is 25.4 Å². The molecule has 0 spiro atoms. The summed E-state index contributed by atoms with van der Waals surface area (Å²) >= 11 is 0. The van der Waals surface area contributed by atoms with Crippen LogP contribution >= 0.6 is 0 Å². The summed E-state index contributed by atoms with van der Waals surface area (Å²) in [6, 6.07) is 0. The second-order valence-corrected chi connectivity index (χ2v) is 3.04. The molecule has 0 aliphatic carbocycles. The fourth-order valence-electron chi connectivity index (χ4n) is 1.08. The lowest BCUT2D eigenvalue weighted by Crippen LogP contribution is -1.99. The number of pyridine rings is 1. The van der Waals surface area contributed by atoms with Gasteiger partial charge < -0.3 is 10.5 Å². The summed E-state index contributed by atoms with van der Waals surface area (Å²) in [5, 5.41) is 0. The van der Waals surface area contributed by atoms with E-state index in [2.05, 4.69) is 4.98 Å². The predicted octanol–water partition coefficient (Wildman–Crippen LogP) is 1.55. The summed E-state index contributed by atoms with van der Waals surface area (Å²) in [4.78, 5) is 15.0. The van der Waals surface area contributed by atoms with Crippen molar-refractivity contribution in [1.29, 1.82) is 0 Å². The molecule has 15 heavy (non-hydrogen) atoms. The van der Waals surface area contributed by atoms with E-state index >= 15 is 0 Å². The summed E-state index contributed by atoms with van der Waals surface area (Å²) in [5.41, 5.74) is 8.04. The highest BCUT2D eigenvalue weighted by Gasteiger charge is 2.00. The summed E-state index contributed by atoms with van der Waals surface area (Å²) < 4.78 is 4.75. The van der Waals surface area contributed by atoms with Crippen molar-refractivity contribution >= 4 is 17.7 Å². The van der Waals surface area contributed by atoms with Gasteiger partial charge in [-0.05, 0) is 25.5 Å². The van der Waals surface area contributed by atoms with Crippen molar-refractivity contribution in [1.82, 2.24) is 4.98 Å². The normalized spacial score (nSPS) is 10.5. The molecule has 4 nitrogen and oxygen atoms in total. The number of carbonyl (C=O) groups is 1. The maximum absolute atomic E-state index is 11.0. The number of rotatable bonds is 3. The number of ether oxygens (including phenoxy) is 1. The first-order valence-corrected chi connectivity index (χ1v) is 4.70. The number of nitrogens with zero attached hydrogens (tertiary/aromatic N) is 1. The smallest absolute Gasteiger partial charge is 0.330 e. The van der Waals surface area contributed by atoms with E-state index in [-0.39, 0.29) is 5.97 Å². The minimum Gasteiger partial charge on any atom is -0.463 e. The van der Waals surface area contributed by atoms with Crippen LogP contribution in [0, 0.1) is 6.92 Å². The average molecular weight is 206 g/mol. The molecule has 1 aromatic heterocycles. The van der Waals surface area contributed by atoms with Gasteiger partial charge in [0.25, 0.3) is 0 Å². The number of aromatic nitrogens is 1. The van der Waals surface area contributed by atoms with Gasteiger partial charge in [-0.3, -0.25) is 4.98 Å². The molecule has 0 atom stereocenters. The third-order valence-electron chi connectivity index (χ3n) is 1.90. The summed E-state index contributed by atoms with van der Waals surface area (Å²) in [7, 11) is 0. The molecule has 0 aromatic carbocycles. The van der Waals surface area contributed by atoms with Crippen molar-refractivity contribution in [2.45, 2.75) is 13.8 Å². The first-order valence-electron chi connectivity index (χ1n) is 4.70. The molecule has 4 heteroatoms. The zero-order chi connectivity index (χ0) is 11.3. The lowest BCUT2D eigenvalue weighted by Gasteiger charge is -2.02. The van der Waals surface area contributed by atoms with Crippen LogP contribution in [0.5, 0.6) is 0 Å². The van der Waals surface area contributed by atoms with Crippen LogP contribution in [-0.2, 0) is 9.53 Å². The third kappa shape index (κ3) is 3.09. The predicted molar refractivity (Wildman–Crippen MR) is 59.1 cm³/mol. The molecule has 0 saturated heterocycles. The molecule has 0 aliphatic heterocycles. The molecule has 0 fully saturated rings. The van der Waals surface area contributed by atoms with Crippen molar-refractivity contribution in [2.75, 3.05) is 12.3 Å². The van der Waals surface area contributed by atoms with E-state index in [4.69, 9.17) is 10.5 Å². The van der Waals surface area contributed by atoms with E-state index < -0.39 is 0 Å². The van der Waals surface area contributed by atoms with Gasteiger partial charge in [-0.1, -0.05) is 0 Å². The van der Waals surface area contributed by atoms with Gasteiger partial charge in [0.05, 0.1) is 6.61 Å². The molecule has 0 aliphatic rings. The number of nitrogen functional groups attached to an aromatic ring is 1. The van der Waals surface area contributed by atoms with Crippen molar-refractivity contribution < 1.29 is 9.53 Å². The van der Waals surface area contributed by atoms with E-state index in [0.29, 0.717) is 12.3 Å². The van der Waals surface area contributed by atoms with Gasteiger partial charge in [0, 0.05) is 29.7 Å². The fourth-order valence-corrected chi connectivity index (χ4v) is 1.08. The number of anilines is 1. The van der Waals surface area contributed by atoms with Crippen molar-refractivity contribution in [3.05, 3.63) is 29.6 Å². The maximum atomic E-state index is 11.0. The SMILES string of the molecule is CCOC(=O)C=Cc1cncc(C)c1N.